The van der Waals surface area contributed by atoms with Crippen molar-refractivity contribution in [1.29, 1.82) is 0 Å². The minimum absolute atomic E-state index is 0.120. The van der Waals surface area contributed by atoms with E-state index in [-0.39, 0.29) is 11.8 Å². The van der Waals surface area contributed by atoms with E-state index in [1.807, 2.05) is 70.5 Å². The van der Waals surface area contributed by atoms with Crippen LogP contribution in [-0.4, -0.2) is 105 Å². The summed E-state index contributed by atoms with van der Waals surface area (Å²) in [4.78, 5) is 36.5. The molecule has 0 bridgehead atoms. The van der Waals surface area contributed by atoms with Crippen LogP contribution >= 0.6 is 8.60 Å². The maximum atomic E-state index is 11.7. The molecule has 0 aliphatic carbocycles. The number of rotatable bonds is 10. The highest BCUT2D eigenvalue weighted by Crippen LogP contribution is 2.43. The van der Waals surface area contributed by atoms with Crippen molar-refractivity contribution in [2.75, 3.05) is 93.2 Å². The highest BCUT2D eigenvalue weighted by atomic mass is 31.2. The fraction of sp³-hybridized carbons (Fsp3) is 0.405. The van der Waals surface area contributed by atoms with Crippen LogP contribution in [0.4, 0.5) is 17.1 Å². The molecule has 3 fully saturated rings. The molecule has 0 saturated carbocycles. The normalized spacial score (nSPS) is 16.9. The Bertz CT molecular complexity index is 1380. The minimum atomic E-state index is -1.85. The van der Waals surface area contributed by atoms with E-state index in [1.54, 1.807) is 13.8 Å². The smallest absolute Gasteiger partial charge is 0.409 e. The number of amides is 2. The number of carbonyl (C=O) groups is 2. The zero-order valence-electron chi connectivity index (χ0n) is 28.8. The Morgan fingerprint density at radius 2 is 0.735 bits per heavy atom. The van der Waals surface area contributed by atoms with E-state index >= 15 is 0 Å². The fourth-order valence-corrected chi connectivity index (χ4v) is 7.37. The molecule has 3 aliphatic rings. The molecule has 3 aromatic rings. The molecule has 0 aromatic heterocycles. The van der Waals surface area contributed by atoms with Gasteiger partial charge in [-0.2, -0.15) is 0 Å². The summed E-state index contributed by atoms with van der Waals surface area (Å²) in [6.45, 7) is 19.2. The molecular formula is C37H47N6O5P. The Hall–Kier alpha value is -4.63. The van der Waals surface area contributed by atoms with E-state index in [2.05, 4.69) is 45.2 Å². The number of carbonyl (C=O) groups excluding carboxylic acids is 2. The van der Waals surface area contributed by atoms with E-state index in [4.69, 9.17) is 13.6 Å². The average molecular weight is 687 g/mol. The van der Waals surface area contributed by atoms with E-state index < -0.39 is 8.60 Å². The van der Waals surface area contributed by atoms with Crippen molar-refractivity contribution in [3.8, 4) is 17.2 Å². The summed E-state index contributed by atoms with van der Waals surface area (Å²) in [5.74, 6) is 2.19. The van der Waals surface area contributed by atoms with E-state index in [0.29, 0.717) is 17.2 Å². The van der Waals surface area contributed by atoms with Crippen LogP contribution < -0.4 is 28.3 Å². The number of allylic oxidation sites excluding steroid dienone is 1. The van der Waals surface area contributed by atoms with E-state index in [9.17, 15) is 9.59 Å². The molecule has 0 unspecified atom stereocenters. The molecule has 12 heteroatoms. The standard InChI is InChI=1S/C37H47N6O5P/c1-29(2)38-17-23-41(24-18-38)32-5-11-35(12-6-32)46-49(47-36-13-7-33(8-14-36)42-25-19-39(20-26-42)30(3)44)48-37-15-9-34(10-16-37)43-27-21-40(22-28-43)31(4)45/h5-16H,1,17-28H2,2-4H3. The quantitative estimate of drug-likeness (QED) is 0.259. The first-order valence-electron chi connectivity index (χ1n) is 17.0. The Morgan fingerprint density at radius 3 is 0.980 bits per heavy atom. The zero-order valence-corrected chi connectivity index (χ0v) is 29.7. The molecule has 3 aliphatic heterocycles. The van der Waals surface area contributed by atoms with Crippen LogP contribution in [0.3, 0.4) is 0 Å². The number of anilines is 3. The lowest BCUT2D eigenvalue weighted by Crippen LogP contribution is -2.48. The van der Waals surface area contributed by atoms with Gasteiger partial charge in [0, 0.05) is 115 Å². The molecule has 3 aromatic carbocycles. The SMILES string of the molecule is C=C(C)N1CCN(c2ccc(OP(Oc3ccc(N4CCN(C(C)=O)CC4)cc3)Oc3ccc(N4CCN(C(C)=O)CC4)cc3)cc2)CC1. The predicted octanol–water partition coefficient (Wildman–Crippen LogP) is 5.44. The lowest BCUT2D eigenvalue weighted by atomic mass is 10.2. The third-order valence-corrected chi connectivity index (χ3v) is 10.5. The average Bonchev–Trinajstić information content (AvgIpc) is 3.13. The highest BCUT2D eigenvalue weighted by molar-refractivity contribution is 7.43. The first-order chi connectivity index (χ1) is 23.7. The molecule has 260 valence electrons. The minimum Gasteiger partial charge on any atom is -0.409 e. The molecular weight excluding hydrogens is 639 g/mol. The van der Waals surface area contributed by atoms with Crippen LogP contribution in [0.15, 0.2) is 85.1 Å². The van der Waals surface area contributed by atoms with Gasteiger partial charge in [0.1, 0.15) is 17.2 Å². The van der Waals surface area contributed by atoms with E-state index in [0.717, 1.165) is 101 Å². The summed E-state index contributed by atoms with van der Waals surface area (Å²) in [5, 5.41) is 0. The molecule has 2 amide bonds. The van der Waals surface area contributed by atoms with Gasteiger partial charge >= 0.3 is 8.60 Å². The lowest BCUT2D eigenvalue weighted by molar-refractivity contribution is -0.129. The van der Waals surface area contributed by atoms with Gasteiger partial charge in [0.15, 0.2) is 0 Å². The zero-order chi connectivity index (χ0) is 34.3. The second-order valence-corrected chi connectivity index (χ2v) is 13.7. The summed E-state index contributed by atoms with van der Waals surface area (Å²) < 4.78 is 19.1. The van der Waals surface area contributed by atoms with Crippen molar-refractivity contribution < 1.29 is 23.2 Å². The lowest BCUT2D eigenvalue weighted by Gasteiger charge is -2.37. The number of benzene rings is 3. The highest BCUT2D eigenvalue weighted by Gasteiger charge is 2.24. The first kappa shape index (κ1) is 34.2. The summed E-state index contributed by atoms with van der Waals surface area (Å²) >= 11 is 0. The summed E-state index contributed by atoms with van der Waals surface area (Å²) in [7, 11) is -1.85. The van der Waals surface area contributed by atoms with Gasteiger partial charge in [-0.3, -0.25) is 9.59 Å². The Morgan fingerprint density at radius 1 is 0.469 bits per heavy atom. The monoisotopic (exact) mass is 686 g/mol. The van der Waals surface area contributed by atoms with Crippen LogP contribution in [0.2, 0.25) is 0 Å². The molecule has 0 spiro atoms. The molecule has 6 rings (SSSR count). The Labute approximate surface area is 291 Å². The van der Waals surface area contributed by atoms with Crippen LogP contribution in [0.5, 0.6) is 17.2 Å². The van der Waals surface area contributed by atoms with Crippen LogP contribution in [0.25, 0.3) is 0 Å². The van der Waals surface area contributed by atoms with Gasteiger partial charge in [0.2, 0.25) is 11.8 Å². The van der Waals surface area contributed by atoms with Crippen LogP contribution in [0.1, 0.15) is 20.8 Å². The van der Waals surface area contributed by atoms with Gasteiger partial charge < -0.3 is 43.0 Å². The first-order valence-corrected chi connectivity index (χ1v) is 18.1. The van der Waals surface area contributed by atoms with Gasteiger partial charge in [-0.1, -0.05) is 6.58 Å². The molecule has 11 nitrogen and oxygen atoms in total. The van der Waals surface area contributed by atoms with Gasteiger partial charge in [0.05, 0.1) is 0 Å². The van der Waals surface area contributed by atoms with Gasteiger partial charge in [-0.05, 0) is 79.7 Å². The van der Waals surface area contributed by atoms with Crippen LogP contribution in [-0.2, 0) is 9.59 Å². The molecule has 0 N–H and O–H groups in total. The maximum absolute atomic E-state index is 11.7. The molecule has 0 atom stereocenters. The van der Waals surface area contributed by atoms with Crippen molar-refractivity contribution in [3.05, 3.63) is 85.1 Å². The third-order valence-electron chi connectivity index (χ3n) is 9.41. The van der Waals surface area contributed by atoms with Crippen molar-refractivity contribution >= 4 is 37.5 Å². The molecule has 3 heterocycles. The van der Waals surface area contributed by atoms with E-state index in [1.165, 1.54) is 0 Å². The number of hydrogen-bond acceptors (Lipinski definition) is 9. The summed E-state index contributed by atoms with van der Waals surface area (Å²) in [5.41, 5.74) is 4.43. The van der Waals surface area contributed by atoms with Gasteiger partial charge in [-0.15, -0.1) is 0 Å². The topological polar surface area (TPSA) is 81.3 Å². The number of piperazine rings is 3. The van der Waals surface area contributed by atoms with Crippen LogP contribution in [0, 0.1) is 0 Å². The summed E-state index contributed by atoms with van der Waals surface area (Å²) in [6, 6.07) is 24.0. The second kappa shape index (κ2) is 15.7. The molecule has 49 heavy (non-hydrogen) atoms. The predicted molar refractivity (Wildman–Crippen MR) is 196 cm³/mol. The largest absolute Gasteiger partial charge is 0.530 e. The Balaban J connectivity index is 1.12. The number of hydrogen-bond donors (Lipinski definition) is 0. The van der Waals surface area contributed by atoms with Gasteiger partial charge in [-0.25, -0.2) is 0 Å². The van der Waals surface area contributed by atoms with Crippen molar-refractivity contribution in [3.63, 3.8) is 0 Å². The maximum Gasteiger partial charge on any atom is 0.530 e. The second-order valence-electron chi connectivity index (χ2n) is 12.7. The Kier molecular flexibility index (Phi) is 11.0. The van der Waals surface area contributed by atoms with Crippen molar-refractivity contribution in [2.45, 2.75) is 20.8 Å². The molecule has 3 saturated heterocycles. The van der Waals surface area contributed by atoms with Crippen molar-refractivity contribution in [1.82, 2.24) is 14.7 Å². The molecule has 0 radical (unpaired) electrons. The van der Waals surface area contributed by atoms with Crippen molar-refractivity contribution in [2.24, 2.45) is 0 Å². The van der Waals surface area contributed by atoms with Gasteiger partial charge in [0.25, 0.3) is 0 Å². The third kappa shape index (κ3) is 8.89. The fourth-order valence-electron chi connectivity index (χ4n) is 6.37. The number of nitrogens with zero attached hydrogens (tertiary/aromatic N) is 6. The summed E-state index contributed by atoms with van der Waals surface area (Å²) in [6.07, 6.45) is 0.